The number of amides is 1. The fourth-order valence-corrected chi connectivity index (χ4v) is 5.04. The number of alkyl halides is 3. The lowest BCUT2D eigenvalue weighted by molar-refractivity contribution is -0.137. The molecule has 39 heavy (non-hydrogen) atoms. The molecule has 0 aromatic carbocycles. The molecule has 2 unspecified atom stereocenters. The number of hydrogen-bond donors (Lipinski definition) is 4. The quantitative estimate of drug-likeness (QED) is 0.265. The van der Waals surface area contributed by atoms with E-state index in [2.05, 4.69) is 40.8 Å². The Morgan fingerprint density at radius 3 is 2.72 bits per heavy atom. The van der Waals surface area contributed by atoms with Gasteiger partial charge in [0.05, 0.1) is 28.5 Å². The molecule has 4 N–H and O–H groups in total. The zero-order chi connectivity index (χ0) is 28.0. The highest BCUT2D eigenvalue weighted by Crippen LogP contribution is 2.35. The number of nitrogens with one attached hydrogen (secondary N) is 3. The van der Waals surface area contributed by atoms with Crippen molar-refractivity contribution in [1.29, 1.82) is 0 Å². The second-order valence-corrected chi connectivity index (χ2v) is 10.5. The summed E-state index contributed by atoms with van der Waals surface area (Å²) in [4.78, 5) is 31.6. The van der Waals surface area contributed by atoms with Crippen molar-refractivity contribution in [2.24, 2.45) is 0 Å². The molecule has 0 radical (unpaired) electrons. The molecule has 0 saturated carbocycles. The van der Waals surface area contributed by atoms with Crippen LogP contribution >= 0.6 is 22.9 Å². The largest absolute Gasteiger partial charge is 0.418 e. The van der Waals surface area contributed by atoms with Crippen molar-refractivity contribution in [3.05, 3.63) is 62.7 Å². The topological polar surface area (TPSA) is 128 Å². The number of carbonyl (C=O) groups is 1. The lowest BCUT2D eigenvalue weighted by Gasteiger charge is -2.27. The van der Waals surface area contributed by atoms with Crippen LogP contribution in [-0.2, 0) is 12.6 Å². The lowest BCUT2D eigenvalue weighted by Crippen LogP contribution is -2.43. The minimum absolute atomic E-state index is 0.159. The van der Waals surface area contributed by atoms with E-state index in [0.29, 0.717) is 16.8 Å². The van der Waals surface area contributed by atoms with E-state index >= 15 is 0 Å². The van der Waals surface area contributed by atoms with Gasteiger partial charge in [-0.15, -0.1) is 11.3 Å². The first-order valence-electron chi connectivity index (χ1n) is 12.3. The molecule has 1 aliphatic heterocycles. The summed E-state index contributed by atoms with van der Waals surface area (Å²) in [5.41, 5.74) is 0.151. The van der Waals surface area contributed by atoms with Gasteiger partial charge in [0, 0.05) is 38.1 Å². The standard InChI is InChI=1S/C24H28ClF3N8O2S/c1-14(34-21(37)18-9-15(32-13-33-18)3-2-6-36-7-4-29-5-8-36)23-31-12-19(39-23)22(38)35-20-10-16(24(26,27)28)17(25)11-30-20/h9-14,21,29,34,37H,2-8H2,1H3,(H,30,35,38). The molecule has 0 aliphatic carbocycles. The fourth-order valence-electron chi connectivity index (χ4n) is 4.01. The summed E-state index contributed by atoms with van der Waals surface area (Å²) in [6.07, 6.45) is -0.517. The second-order valence-electron chi connectivity index (χ2n) is 8.98. The predicted octanol–water partition coefficient (Wildman–Crippen LogP) is 3.43. The van der Waals surface area contributed by atoms with Crippen LogP contribution in [0.3, 0.4) is 0 Å². The van der Waals surface area contributed by atoms with Gasteiger partial charge in [-0.3, -0.25) is 10.1 Å². The number of aliphatic hydroxyl groups is 1. The van der Waals surface area contributed by atoms with Crippen molar-refractivity contribution in [2.45, 2.75) is 38.2 Å². The van der Waals surface area contributed by atoms with Gasteiger partial charge in [-0.2, -0.15) is 13.2 Å². The molecule has 1 amide bonds. The molecule has 2 atom stereocenters. The first-order valence-corrected chi connectivity index (χ1v) is 13.5. The Morgan fingerprint density at radius 1 is 1.21 bits per heavy atom. The van der Waals surface area contributed by atoms with E-state index < -0.39 is 34.9 Å². The van der Waals surface area contributed by atoms with Gasteiger partial charge in [0.15, 0.2) is 0 Å². The first-order chi connectivity index (χ1) is 18.6. The Kier molecular flexibility index (Phi) is 9.80. The van der Waals surface area contributed by atoms with E-state index in [9.17, 15) is 23.1 Å². The molecule has 1 saturated heterocycles. The number of hydrogen-bond acceptors (Lipinski definition) is 10. The highest BCUT2D eigenvalue weighted by atomic mass is 35.5. The highest BCUT2D eigenvalue weighted by molar-refractivity contribution is 7.13. The molecule has 3 aromatic rings. The van der Waals surface area contributed by atoms with Crippen LogP contribution in [0.2, 0.25) is 5.02 Å². The van der Waals surface area contributed by atoms with Gasteiger partial charge >= 0.3 is 6.18 Å². The van der Waals surface area contributed by atoms with E-state index in [1.54, 1.807) is 13.0 Å². The second kappa shape index (κ2) is 13.1. The maximum absolute atomic E-state index is 13.1. The van der Waals surface area contributed by atoms with E-state index in [1.807, 2.05) is 0 Å². The Hall–Kier alpha value is -2.75. The lowest BCUT2D eigenvalue weighted by atomic mass is 10.2. The molecule has 210 valence electrons. The van der Waals surface area contributed by atoms with E-state index in [0.717, 1.165) is 68.8 Å². The third-order valence-corrected chi connectivity index (χ3v) is 7.55. The Labute approximate surface area is 232 Å². The van der Waals surface area contributed by atoms with Gasteiger partial charge in [-0.25, -0.2) is 19.9 Å². The molecule has 1 aliphatic rings. The summed E-state index contributed by atoms with van der Waals surface area (Å²) in [5, 5.41) is 19.3. The summed E-state index contributed by atoms with van der Waals surface area (Å²) >= 11 is 6.61. The van der Waals surface area contributed by atoms with Gasteiger partial charge in [0.1, 0.15) is 28.3 Å². The van der Waals surface area contributed by atoms with Crippen molar-refractivity contribution in [3.8, 4) is 0 Å². The number of aryl methyl sites for hydroxylation is 1. The molecular weight excluding hydrogens is 557 g/mol. The molecule has 0 spiro atoms. The van der Waals surface area contributed by atoms with Crippen molar-refractivity contribution in [3.63, 3.8) is 0 Å². The van der Waals surface area contributed by atoms with Gasteiger partial charge in [-0.1, -0.05) is 11.6 Å². The van der Waals surface area contributed by atoms with Gasteiger partial charge in [0.2, 0.25) is 0 Å². The Balaban J connectivity index is 1.31. The Bertz CT molecular complexity index is 1270. The van der Waals surface area contributed by atoms with E-state index in [-0.39, 0.29) is 10.7 Å². The SMILES string of the molecule is CC(NC(O)c1cc(CCCN2CCNCC2)ncn1)c1ncc(C(=O)Nc2cc(C(F)(F)F)c(Cl)cn2)s1. The van der Waals surface area contributed by atoms with Crippen LogP contribution < -0.4 is 16.0 Å². The number of aliphatic hydroxyl groups excluding tert-OH is 1. The smallest absolute Gasteiger partial charge is 0.373 e. The van der Waals surface area contributed by atoms with E-state index in [4.69, 9.17) is 11.6 Å². The number of thiazole rings is 1. The van der Waals surface area contributed by atoms with Crippen molar-refractivity contribution in [1.82, 2.24) is 35.5 Å². The highest BCUT2D eigenvalue weighted by Gasteiger charge is 2.34. The molecule has 4 heterocycles. The number of rotatable bonds is 10. The van der Waals surface area contributed by atoms with Crippen LogP contribution in [0.15, 0.2) is 30.9 Å². The summed E-state index contributed by atoms with van der Waals surface area (Å²) in [6.45, 7) is 6.81. The minimum Gasteiger partial charge on any atom is -0.373 e. The van der Waals surface area contributed by atoms with Crippen LogP contribution in [0.4, 0.5) is 19.0 Å². The molecular formula is C24H28ClF3N8O2S. The number of anilines is 1. The normalized spacial score (nSPS) is 16.2. The third-order valence-electron chi connectivity index (χ3n) is 6.07. The Morgan fingerprint density at radius 2 is 1.97 bits per heavy atom. The average molecular weight is 585 g/mol. The van der Waals surface area contributed by atoms with E-state index in [1.165, 1.54) is 12.5 Å². The molecule has 3 aromatic heterocycles. The summed E-state index contributed by atoms with van der Waals surface area (Å²) in [5.74, 6) is -0.962. The number of carbonyl (C=O) groups excluding carboxylic acids is 1. The maximum atomic E-state index is 13.1. The monoisotopic (exact) mass is 584 g/mol. The first kappa shape index (κ1) is 29.2. The molecule has 15 heteroatoms. The zero-order valence-corrected chi connectivity index (χ0v) is 22.6. The number of nitrogens with zero attached hydrogens (tertiary/aromatic N) is 5. The van der Waals surface area contributed by atoms with Crippen LogP contribution in [0.25, 0.3) is 0 Å². The van der Waals surface area contributed by atoms with Crippen LogP contribution in [0.5, 0.6) is 0 Å². The van der Waals surface area contributed by atoms with Gasteiger partial charge in [-0.05, 0) is 38.4 Å². The van der Waals surface area contributed by atoms with Gasteiger partial charge < -0.3 is 20.6 Å². The van der Waals surface area contributed by atoms with Crippen LogP contribution in [-0.4, -0.2) is 68.6 Å². The summed E-state index contributed by atoms with van der Waals surface area (Å²) in [6, 6.07) is 1.98. The van der Waals surface area contributed by atoms with Crippen molar-refractivity contribution >= 4 is 34.7 Å². The van der Waals surface area contributed by atoms with Crippen molar-refractivity contribution in [2.75, 3.05) is 38.0 Å². The van der Waals surface area contributed by atoms with Crippen LogP contribution in [0, 0.1) is 0 Å². The van der Waals surface area contributed by atoms with Crippen molar-refractivity contribution < 1.29 is 23.1 Å². The maximum Gasteiger partial charge on any atom is 0.418 e. The predicted molar refractivity (Wildman–Crippen MR) is 140 cm³/mol. The fraction of sp³-hybridized carbons (Fsp3) is 0.458. The molecule has 0 bridgehead atoms. The number of piperazine rings is 1. The zero-order valence-electron chi connectivity index (χ0n) is 21.0. The number of pyridine rings is 1. The third kappa shape index (κ3) is 8.13. The molecule has 10 nitrogen and oxygen atoms in total. The average Bonchev–Trinajstić information content (AvgIpc) is 3.41. The summed E-state index contributed by atoms with van der Waals surface area (Å²) in [7, 11) is 0. The molecule has 4 rings (SSSR count). The summed E-state index contributed by atoms with van der Waals surface area (Å²) < 4.78 is 39.3. The number of aromatic nitrogens is 4. The molecule has 1 fully saturated rings. The van der Waals surface area contributed by atoms with Crippen LogP contribution in [0.1, 0.15) is 57.2 Å². The minimum atomic E-state index is -4.69. The number of halogens is 4. The van der Waals surface area contributed by atoms with Gasteiger partial charge in [0.25, 0.3) is 5.91 Å².